The number of benzene rings is 1. The maximum absolute atomic E-state index is 12.6. The van der Waals surface area contributed by atoms with E-state index in [0.717, 1.165) is 22.3 Å². The number of aryl methyl sites for hydroxylation is 5. The van der Waals surface area contributed by atoms with Crippen LogP contribution in [-0.2, 0) is 21.9 Å². The topological polar surface area (TPSA) is 106 Å². The van der Waals surface area contributed by atoms with Crippen LogP contribution in [0.3, 0.4) is 0 Å². The highest BCUT2D eigenvalue weighted by molar-refractivity contribution is 7.89. The van der Waals surface area contributed by atoms with Crippen LogP contribution in [0.5, 0.6) is 0 Å². The van der Waals surface area contributed by atoms with Crippen LogP contribution < -0.4 is 10.0 Å². The van der Waals surface area contributed by atoms with E-state index in [1.54, 1.807) is 24.7 Å². The Morgan fingerprint density at radius 1 is 1.10 bits per heavy atom. The molecule has 0 radical (unpaired) electrons. The summed E-state index contributed by atoms with van der Waals surface area (Å²) in [6, 6.07) is 5.47. The number of carbonyl (C=O) groups excluding carboxylic acids is 1. The lowest BCUT2D eigenvalue weighted by Gasteiger charge is -2.13. The molecule has 0 unspecified atom stereocenters. The number of sulfonamides is 1. The molecule has 3 aromatic rings. The number of pyridine rings is 1. The van der Waals surface area contributed by atoms with Crippen LogP contribution in [-0.4, -0.2) is 35.6 Å². The van der Waals surface area contributed by atoms with Crippen LogP contribution in [0.4, 0.5) is 5.69 Å². The Hall–Kier alpha value is -2.78. The molecule has 2 heterocycles. The molecule has 0 aliphatic rings. The van der Waals surface area contributed by atoms with Gasteiger partial charge in [-0.05, 0) is 44.9 Å². The predicted octanol–water partition coefficient (Wildman–Crippen LogP) is 2.51. The molecule has 8 nitrogen and oxygen atoms in total. The average Bonchev–Trinajstić information content (AvgIpc) is 2.87. The fourth-order valence-electron chi connectivity index (χ4n) is 3.56. The van der Waals surface area contributed by atoms with Crippen molar-refractivity contribution >= 4 is 32.7 Å². The molecule has 1 aromatic carbocycles. The van der Waals surface area contributed by atoms with Gasteiger partial charge in [-0.15, -0.1) is 0 Å². The number of rotatable bonds is 6. The van der Waals surface area contributed by atoms with Crippen molar-refractivity contribution < 1.29 is 13.2 Å². The van der Waals surface area contributed by atoms with Gasteiger partial charge in [0.2, 0.25) is 15.9 Å². The standard InChI is InChI=1S/C20H25N5O3S/c1-12-8-13(2)19(14(3)9-12)29(27,28)22-7-6-18(26)23-16-10-17-15(4)24-25(5)20(17)21-11-16/h8-11,22H,6-7H2,1-5H3,(H,23,26). The van der Waals surface area contributed by atoms with Gasteiger partial charge in [0.05, 0.1) is 22.5 Å². The lowest BCUT2D eigenvalue weighted by molar-refractivity contribution is -0.116. The van der Waals surface area contributed by atoms with Gasteiger partial charge in [-0.2, -0.15) is 5.10 Å². The number of anilines is 1. The van der Waals surface area contributed by atoms with Crippen molar-refractivity contribution in [2.75, 3.05) is 11.9 Å². The molecule has 0 aliphatic heterocycles. The van der Waals surface area contributed by atoms with Gasteiger partial charge >= 0.3 is 0 Å². The molecule has 0 spiro atoms. The van der Waals surface area contributed by atoms with Gasteiger partial charge in [0.1, 0.15) is 0 Å². The van der Waals surface area contributed by atoms with Gasteiger partial charge in [0, 0.05) is 25.4 Å². The Bertz CT molecular complexity index is 1180. The van der Waals surface area contributed by atoms with E-state index < -0.39 is 10.0 Å². The van der Waals surface area contributed by atoms with Crippen molar-refractivity contribution in [1.82, 2.24) is 19.5 Å². The van der Waals surface area contributed by atoms with Crippen LogP contribution >= 0.6 is 0 Å². The van der Waals surface area contributed by atoms with Crippen LogP contribution in [0.1, 0.15) is 28.8 Å². The summed E-state index contributed by atoms with van der Waals surface area (Å²) >= 11 is 0. The molecular formula is C20H25N5O3S. The van der Waals surface area contributed by atoms with Crippen molar-refractivity contribution in [2.24, 2.45) is 7.05 Å². The van der Waals surface area contributed by atoms with Gasteiger partial charge in [0.15, 0.2) is 5.65 Å². The number of carbonyl (C=O) groups is 1. The Kier molecular flexibility index (Phi) is 5.72. The van der Waals surface area contributed by atoms with Crippen LogP contribution in [0.15, 0.2) is 29.3 Å². The third-order valence-electron chi connectivity index (χ3n) is 4.66. The Labute approximate surface area is 170 Å². The number of hydrogen-bond donors (Lipinski definition) is 2. The first kappa shape index (κ1) is 20.9. The van der Waals surface area contributed by atoms with Crippen LogP contribution in [0.25, 0.3) is 11.0 Å². The number of fused-ring (bicyclic) bond motifs is 1. The van der Waals surface area contributed by atoms with Gasteiger partial charge in [-0.25, -0.2) is 18.1 Å². The van der Waals surface area contributed by atoms with E-state index >= 15 is 0 Å². The lowest BCUT2D eigenvalue weighted by atomic mass is 10.1. The molecule has 0 aliphatic carbocycles. The molecule has 0 saturated carbocycles. The zero-order valence-corrected chi connectivity index (χ0v) is 18.0. The molecule has 154 valence electrons. The van der Waals surface area contributed by atoms with E-state index in [1.807, 2.05) is 39.1 Å². The van der Waals surface area contributed by atoms with Crippen molar-refractivity contribution in [2.45, 2.75) is 39.0 Å². The maximum atomic E-state index is 12.6. The number of hydrogen-bond acceptors (Lipinski definition) is 5. The van der Waals surface area contributed by atoms with E-state index in [-0.39, 0.29) is 23.8 Å². The second-order valence-corrected chi connectivity index (χ2v) is 8.93. The summed E-state index contributed by atoms with van der Waals surface area (Å²) in [6.07, 6.45) is 1.57. The molecule has 2 aromatic heterocycles. The summed E-state index contributed by atoms with van der Waals surface area (Å²) in [6.45, 7) is 7.34. The average molecular weight is 416 g/mol. The number of nitrogens with zero attached hydrogens (tertiary/aromatic N) is 3. The third-order valence-corrected chi connectivity index (χ3v) is 6.43. The number of nitrogens with one attached hydrogen (secondary N) is 2. The number of amides is 1. The predicted molar refractivity (Wildman–Crippen MR) is 112 cm³/mol. The second kappa shape index (κ2) is 7.92. The minimum atomic E-state index is -3.69. The van der Waals surface area contributed by atoms with Crippen molar-refractivity contribution in [1.29, 1.82) is 0 Å². The highest BCUT2D eigenvalue weighted by atomic mass is 32.2. The third kappa shape index (κ3) is 4.46. The largest absolute Gasteiger partial charge is 0.325 e. The van der Waals surface area contributed by atoms with Crippen molar-refractivity contribution in [3.05, 3.63) is 46.8 Å². The Morgan fingerprint density at radius 3 is 2.41 bits per heavy atom. The monoisotopic (exact) mass is 415 g/mol. The van der Waals surface area contributed by atoms with E-state index in [4.69, 9.17) is 0 Å². The first-order valence-corrected chi connectivity index (χ1v) is 10.7. The summed E-state index contributed by atoms with van der Waals surface area (Å²) in [4.78, 5) is 16.8. The van der Waals surface area contributed by atoms with Crippen molar-refractivity contribution in [3.63, 3.8) is 0 Å². The van der Waals surface area contributed by atoms with Crippen LogP contribution in [0.2, 0.25) is 0 Å². The first-order chi connectivity index (χ1) is 13.6. The molecule has 0 atom stereocenters. The summed E-state index contributed by atoms with van der Waals surface area (Å²) in [5.74, 6) is -0.298. The molecule has 0 fully saturated rings. The zero-order chi connectivity index (χ0) is 21.3. The van der Waals surface area contributed by atoms with Crippen molar-refractivity contribution in [3.8, 4) is 0 Å². The van der Waals surface area contributed by atoms with E-state index in [0.29, 0.717) is 16.8 Å². The normalized spacial score (nSPS) is 11.8. The summed E-state index contributed by atoms with van der Waals surface area (Å²) in [5.41, 5.74) is 4.48. The maximum Gasteiger partial charge on any atom is 0.241 e. The molecule has 1 amide bonds. The van der Waals surface area contributed by atoms with E-state index in [1.165, 1.54) is 0 Å². The van der Waals surface area contributed by atoms with E-state index in [9.17, 15) is 13.2 Å². The van der Waals surface area contributed by atoms with Crippen LogP contribution in [0, 0.1) is 27.7 Å². The molecule has 9 heteroatoms. The summed E-state index contributed by atoms with van der Waals surface area (Å²) in [7, 11) is -1.88. The minimum absolute atomic E-state index is 0.00250. The van der Waals surface area contributed by atoms with Gasteiger partial charge < -0.3 is 5.32 Å². The molecule has 0 bridgehead atoms. The fourth-order valence-corrected chi connectivity index (χ4v) is 5.04. The minimum Gasteiger partial charge on any atom is -0.325 e. The molecule has 29 heavy (non-hydrogen) atoms. The number of aromatic nitrogens is 3. The molecule has 3 rings (SSSR count). The quantitative estimate of drug-likeness (QED) is 0.643. The fraction of sp³-hybridized carbons (Fsp3) is 0.350. The molecule has 2 N–H and O–H groups in total. The van der Waals surface area contributed by atoms with Gasteiger partial charge in [-0.1, -0.05) is 17.7 Å². The van der Waals surface area contributed by atoms with Gasteiger partial charge in [-0.3, -0.25) is 9.48 Å². The summed E-state index contributed by atoms with van der Waals surface area (Å²) < 4.78 is 29.5. The molecule has 0 saturated heterocycles. The van der Waals surface area contributed by atoms with Gasteiger partial charge in [0.25, 0.3) is 0 Å². The molecular weight excluding hydrogens is 390 g/mol. The Balaban J connectivity index is 1.63. The smallest absolute Gasteiger partial charge is 0.241 e. The second-order valence-electron chi connectivity index (χ2n) is 7.23. The SMILES string of the molecule is Cc1cc(C)c(S(=O)(=O)NCCC(=O)Nc2cnc3c(c2)c(C)nn3C)c(C)c1. The zero-order valence-electron chi connectivity index (χ0n) is 17.2. The summed E-state index contributed by atoms with van der Waals surface area (Å²) in [5, 5.41) is 7.91. The van der Waals surface area contributed by atoms with E-state index in [2.05, 4.69) is 20.1 Å². The highest BCUT2D eigenvalue weighted by Crippen LogP contribution is 2.22. The Morgan fingerprint density at radius 2 is 1.76 bits per heavy atom. The highest BCUT2D eigenvalue weighted by Gasteiger charge is 2.20. The first-order valence-electron chi connectivity index (χ1n) is 9.25. The lowest BCUT2D eigenvalue weighted by Crippen LogP contribution is -2.29.